The number of carbonyl (C=O) groups excluding carboxylic acids is 1. The predicted octanol–water partition coefficient (Wildman–Crippen LogP) is 2.80. The van der Waals surface area contributed by atoms with E-state index in [2.05, 4.69) is 10.3 Å². The van der Waals surface area contributed by atoms with Crippen molar-refractivity contribution in [1.82, 2.24) is 4.98 Å². The highest BCUT2D eigenvalue weighted by Gasteiger charge is 2.42. The average molecular weight is 285 g/mol. The van der Waals surface area contributed by atoms with Crippen molar-refractivity contribution in [3.8, 4) is 11.3 Å². The van der Waals surface area contributed by atoms with E-state index in [1.54, 1.807) is 6.20 Å². The second-order valence-corrected chi connectivity index (χ2v) is 5.82. The van der Waals surface area contributed by atoms with E-state index in [1.165, 1.54) is 6.39 Å². The van der Waals surface area contributed by atoms with Crippen LogP contribution in [0.15, 0.2) is 41.3 Å². The minimum absolute atomic E-state index is 0.0118. The van der Waals surface area contributed by atoms with Crippen molar-refractivity contribution in [3.63, 3.8) is 0 Å². The first kappa shape index (κ1) is 13.8. The fourth-order valence-corrected chi connectivity index (χ4v) is 2.86. The maximum absolute atomic E-state index is 12.5. The van der Waals surface area contributed by atoms with Crippen molar-refractivity contribution >= 4 is 11.6 Å². The van der Waals surface area contributed by atoms with E-state index in [0.29, 0.717) is 5.76 Å². The van der Waals surface area contributed by atoms with Crippen molar-refractivity contribution in [2.75, 3.05) is 5.32 Å². The zero-order valence-corrected chi connectivity index (χ0v) is 12.0. The molecule has 1 aromatic heterocycles. The molecule has 2 atom stereocenters. The SMILES string of the molecule is CC1(C(=O)Nc2cccc(-c3cnco3)c2)CCCC1N. The second-order valence-electron chi connectivity index (χ2n) is 5.82. The van der Waals surface area contributed by atoms with Gasteiger partial charge < -0.3 is 15.5 Å². The van der Waals surface area contributed by atoms with Crippen LogP contribution in [-0.2, 0) is 4.79 Å². The maximum atomic E-state index is 12.5. The van der Waals surface area contributed by atoms with Crippen LogP contribution in [0.1, 0.15) is 26.2 Å². The first-order chi connectivity index (χ1) is 10.1. The molecule has 0 aliphatic heterocycles. The zero-order valence-electron chi connectivity index (χ0n) is 12.0. The third-order valence-electron chi connectivity index (χ3n) is 4.39. The van der Waals surface area contributed by atoms with E-state index >= 15 is 0 Å². The molecule has 1 amide bonds. The summed E-state index contributed by atoms with van der Waals surface area (Å²) in [4.78, 5) is 16.4. The van der Waals surface area contributed by atoms with Crippen LogP contribution in [0.3, 0.4) is 0 Å². The molecule has 0 bridgehead atoms. The van der Waals surface area contributed by atoms with E-state index < -0.39 is 5.41 Å². The first-order valence-electron chi connectivity index (χ1n) is 7.15. The van der Waals surface area contributed by atoms with Gasteiger partial charge in [-0.1, -0.05) is 18.6 Å². The van der Waals surface area contributed by atoms with Crippen LogP contribution in [0.25, 0.3) is 11.3 Å². The predicted molar refractivity (Wildman–Crippen MR) is 80.5 cm³/mol. The van der Waals surface area contributed by atoms with Crippen molar-refractivity contribution in [2.24, 2.45) is 11.1 Å². The number of amides is 1. The van der Waals surface area contributed by atoms with E-state index in [9.17, 15) is 4.79 Å². The third kappa shape index (κ3) is 2.56. The van der Waals surface area contributed by atoms with Gasteiger partial charge in [-0.3, -0.25) is 4.79 Å². The minimum Gasteiger partial charge on any atom is -0.444 e. The maximum Gasteiger partial charge on any atom is 0.231 e. The molecule has 3 N–H and O–H groups in total. The van der Waals surface area contributed by atoms with E-state index in [-0.39, 0.29) is 11.9 Å². The molecule has 0 spiro atoms. The van der Waals surface area contributed by atoms with Crippen LogP contribution < -0.4 is 11.1 Å². The van der Waals surface area contributed by atoms with Crippen molar-refractivity contribution < 1.29 is 9.21 Å². The molecule has 5 nitrogen and oxygen atoms in total. The van der Waals surface area contributed by atoms with Crippen LogP contribution in [0.2, 0.25) is 0 Å². The summed E-state index contributed by atoms with van der Waals surface area (Å²) in [7, 11) is 0. The van der Waals surface area contributed by atoms with Gasteiger partial charge in [0.05, 0.1) is 11.6 Å². The summed E-state index contributed by atoms with van der Waals surface area (Å²) in [6.45, 7) is 1.94. The summed E-state index contributed by atoms with van der Waals surface area (Å²) >= 11 is 0. The summed E-state index contributed by atoms with van der Waals surface area (Å²) < 4.78 is 5.27. The van der Waals surface area contributed by atoms with Gasteiger partial charge in [-0.2, -0.15) is 0 Å². The number of carbonyl (C=O) groups is 1. The second kappa shape index (κ2) is 5.33. The number of hydrogen-bond donors (Lipinski definition) is 2. The van der Waals surface area contributed by atoms with Gasteiger partial charge in [-0.05, 0) is 31.9 Å². The first-order valence-corrected chi connectivity index (χ1v) is 7.15. The lowest BCUT2D eigenvalue weighted by Crippen LogP contribution is -2.44. The molecule has 21 heavy (non-hydrogen) atoms. The van der Waals surface area contributed by atoms with Gasteiger partial charge in [-0.25, -0.2) is 4.98 Å². The number of rotatable bonds is 3. The molecule has 5 heteroatoms. The van der Waals surface area contributed by atoms with Gasteiger partial charge in [0, 0.05) is 17.3 Å². The highest BCUT2D eigenvalue weighted by atomic mass is 16.3. The summed E-state index contributed by atoms with van der Waals surface area (Å²) in [6, 6.07) is 7.46. The van der Waals surface area contributed by atoms with E-state index in [1.807, 2.05) is 31.2 Å². The normalized spacial score (nSPS) is 25.0. The fourth-order valence-electron chi connectivity index (χ4n) is 2.86. The minimum atomic E-state index is -0.484. The van der Waals surface area contributed by atoms with Crippen LogP contribution in [-0.4, -0.2) is 16.9 Å². The van der Waals surface area contributed by atoms with Crippen molar-refractivity contribution in [3.05, 3.63) is 36.9 Å². The van der Waals surface area contributed by atoms with Crippen molar-refractivity contribution in [2.45, 2.75) is 32.2 Å². The van der Waals surface area contributed by atoms with Gasteiger partial charge in [0.25, 0.3) is 0 Å². The summed E-state index contributed by atoms with van der Waals surface area (Å²) in [5.74, 6) is 0.664. The van der Waals surface area contributed by atoms with Crippen molar-refractivity contribution in [1.29, 1.82) is 0 Å². The van der Waals surface area contributed by atoms with E-state index in [4.69, 9.17) is 10.2 Å². The standard InChI is InChI=1S/C16H19N3O2/c1-16(7-3-6-14(16)17)15(20)19-12-5-2-4-11(8-12)13-9-18-10-21-13/h2,4-5,8-10,14H,3,6-7,17H2,1H3,(H,19,20). The molecule has 1 aliphatic rings. The van der Waals surface area contributed by atoms with Crippen LogP contribution >= 0.6 is 0 Å². The average Bonchev–Trinajstić information content (AvgIpc) is 3.11. The molecule has 1 saturated carbocycles. The van der Waals surface area contributed by atoms with Crippen LogP contribution in [0, 0.1) is 5.41 Å². The molecular weight excluding hydrogens is 266 g/mol. The Kier molecular flexibility index (Phi) is 3.51. The van der Waals surface area contributed by atoms with Gasteiger partial charge >= 0.3 is 0 Å². The van der Waals surface area contributed by atoms with Gasteiger partial charge in [0.1, 0.15) is 0 Å². The smallest absolute Gasteiger partial charge is 0.231 e. The molecule has 0 radical (unpaired) electrons. The molecule has 110 valence electrons. The quantitative estimate of drug-likeness (QED) is 0.908. The molecule has 1 heterocycles. The molecule has 0 saturated heterocycles. The number of oxazole rings is 1. The topological polar surface area (TPSA) is 81.2 Å². The molecule has 2 aromatic rings. The largest absolute Gasteiger partial charge is 0.444 e. The Labute approximate surface area is 123 Å². The Hall–Kier alpha value is -2.14. The Bertz CT molecular complexity index is 639. The lowest BCUT2D eigenvalue weighted by Gasteiger charge is -2.27. The Morgan fingerprint density at radius 2 is 2.38 bits per heavy atom. The molecule has 1 fully saturated rings. The number of anilines is 1. The fraction of sp³-hybridized carbons (Fsp3) is 0.375. The number of nitrogens with two attached hydrogens (primary N) is 1. The number of nitrogens with one attached hydrogen (secondary N) is 1. The van der Waals surface area contributed by atoms with Crippen LogP contribution in [0.4, 0.5) is 5.69 Å². The van der Waals surface area contributed by atoms with Gasteiger partial charge in [0.15, 0.2) is 12.2 Å². The lowest BCUT2D eigenvalue weighted by atomic mass is 9.84. The Morgan fingerprint density at radius 3 is 3.05 bits per heavy atom. The molecule has 1 aliphatic carbocycles. The van der Waals surface area contributed by atoms with E-state index in [0.717, 1.165) is 30.5 Å². The highest BCUT2D eigenvalue weighted by Crippen LogP contribution is 2.37. The zero-order chi connectivity index (χ0) is 14.9. The summed E-state index contributed by atoms with van der Waals surface area (Å²) in [5, 5.41) is 2.98. The van der Waals surface area contributed by atoms with Crippen LogP contribution in [0.5, 0.6) is 0 Å². The third-order valence-corrected chi connectivity index (χ3v) is 4.39. The molecule has 3 rings (SSSR count). The number of hydrogen-bond acceptors (Lipinski definition) is 4. The molecule has 2 unspecified atom stereocenters. The monoisotopic (exact) mass is 285 g/mol. The summed E-state index contributed by atoms with van der Waals surface area (Å²) in [5.41, 5.74) is 7.23. The molecular formula is C16H19N3O2. The number of nitrogens with zero attached hydrogens (tertiary/aromatic N) is 1. The number of benzene rings is 1. The van der Waals surface area contributed by atoms with Gasteiger partial charge in [0.2, 0.25) is 5.91 Å². The highest BCUT2D eigenvalue weighted by molar-refractivity contribution is 5.96. The van der Waals surface area contributed by atoms with Gasteiger partial charge in [-0.15, -0.1) is 0 Å². The Morgan fingerprint density at radius 1 is 1.52 bits per heavy atom. The molecule has 1 aromatic carbocycles. The lowest BCUT2D eigenvalue weighted by molar-refractivity contribution is -0.125. The Balaban J connectivity index is 1.79. The summed E-state index contributed by atoms with van der Waals surface area (Å²) in [6.07, 6.45) is 5.78. The number of aromatic nitrogens is 1.